The van der Waals surface area contributed by atoms with E-state index in [0.717, 1.165) is 29.8 Å². The van der Waals surface area contributed by atoms with E-state index in [1.807, 2.05) is 13.8 Å². The Balaban J connectivity index is 1.75. The Hall–Kier alpha value is -3.40. The first-order valence-electron chi connectivity index (χ1n) is 9.96. The van der Waals surface area contributed by atoms with Crippen molar-refractivity contribution in [2.24, 2.45) is 0 Å². The number of H-pyrrole nitrogens is 1. The second kappa shape index (κ2) is 8.99. The molecule has 0 radical (unpaired) electrons. The quantitative estimate of drug-likeness (QED) is 0.230. The highest BCUT2D eigenvalue weighted by atomic mass is 32.2. The highest BCUT2D eigenvalue weighted by molar-refractivity contribution is 8.00. The summed E-state index contributed by atoms with van der Waals surface area (Å²) in [6.45, 7) is 5.61. The molecule has 0 bridgehead atoms. The minimum atomic E-state index is -0.951. The van der Waals surface area contributed by atoms with Crippen LogP contribution in [0, 0.1) is 25.5 Å². The number of aromatic amines is 1. The Morgan fingerprint density at radius 1 is 1.19 bits per heavy atom. The Bertz CT molecular complexity index is 1320. The van der Waals surface area contributed by atoms with Crippen molar-refractivity contribution in [1.29, 1.82) is 0 Å². The van der Waals surface area contributed by atoms with Crippen molar-refractivity contribution < 1.29 is 13.6 Å². The number of rotatable bonds is 7. The van der Waals surface area contributed by atoms with Crippen molar-refractivity contribution in [3.8, 4) is 11.1 Å². The van der Waals surface area contributed by atoms with Gasteiger partial charge >= 0.3 is 0 Å². The van der Waals surface area contributed by atoms with Crippen LogP contribution in [-0.2, 0) is 0 Å². The molecule has 2 N–H and O–H groups in total. The normalized spacial score (nSPS) is 11.2. The third kappa shape index (κ3) is 4.05. The van der Waals surface area contributed by atoms with E-state index in [0.29, 0.717) is 28.2 Å². The molecule has 0 saturated heterocycles. The molecule has 4 rings (SSSR count). The number of nitrogens with zero attached hydrogens (tertiary/aromatic N) is 4. The Labute approximate surface area is 187 Å². The van der Waals surface area contributed by atoms with Gasteiger partial charge in [-0.1, -0.05) is 18.9 Å². The second-order valence-corrected chi connectivity index (χ2v) is 8.07. The SMILES string of the molecule is CCCSNc1c(F)ccc(C(=O)c2[nH]nc3ncc(-c4cnc(C)nc4C)cc23)c1F. The maximum atomic E-state index is 15.0. The van der Waals surface area contributed by atoms with Crippen LogP contribution in [0.4, 0.5) is 14.5 Å². The van der Waals surface area contributed by atoms with Gasteiger partial charge in [0.2, 0.25) is 5.78 Å². The largest absolute Gasteiger partial charge is 0.325 e. The predicted molar refractivity (Wildman–Crippen MR) is 121 cm³/mol. The fraction of sp³-hybridized carbons (Fsp3) is 0.227. The zero-order valence-corrected chi connectivity index (χ0v) is 18.5. The van der Waals surface area contributed by atoms with E-state index in [-0.39, 0.29) is 16.9 Å². The predicted octanol–water partition coefficient (Wildman–Crippen LogP) is 5.01. The van der Waals surface area contributed by atoms with E-state index in [1.54, 1.807) is 25.4 Å². The van der Waals surface area contributed by atoms with Crippen molar-refractivity contribution in [1.82, 2.24) is 25.1 Å². The molecular formula is C22H20F2N6OS. The van der Waals surface area contributed by atoms with E-state index < -0.39 is 17.4 Å². The molecule has 0 aliphatic carbocycles. The molecular weight excluding hydrogens is 434 g/mol. The summed E-state index contributed by atoms with van der Waals surface area (Å²) in [4.78, 5) is 26.1. The average Bonchev–Trinajstić information content (AvgIpc) is 3.19. The molecule has 0 aliphatic heterocycles. The van der Waals surface area contributed by atoms with E-state index in [4.69, 9.17) is 0 Å². The van der Waals surface area contributed by atoms with Crippen LogP contribution in [0.3, 0.4) is 0 Å². The molecule has 0 amide bonds. The van der Waals surface area contributed by atoms with Crippen LogP contribution < -0.4 is 4.72 Å². The monoisotopic (exact) mass is 454 g/mol. The summed E-state index contributed by atoms with van der Waals surface area (Å²) in [7, 11) is 0. The van der Waals surface area contributed by atoms with Crippen molar-refractivity contribution in [2.75, 3.05) is 10.5 Å². The molecule has 0 spiro atoms. The van der Waals surface area contributed by atoms with Crippen molar-refractivity contribution in [3.63, 3.8) is 0 Å². The minimum Gasteiger partial charge on any atom is -0.325 e. The number of hydrogen-bond donors (Lipinski definition) is 2. The maximum Gasteiger partial charge on any atom is 0.214 e. The van der Waals surface area contributed by atoms with Gasteiger partial charge < -0.3 is 4.72 Å². The van der Waals surface area contributed by atoms with Crippen LogP contribution in [-0.4, -0.2) is 36.7 Å². The first-order valence-corrected chi connectivity index (χ1v) is 10.9. The number of aryl methyl sites for hydroxylation is 2. The van der Waals surface area contributed by atoms with Crippen LogP contribution in [0.25, 0.3) is 22.2 Å². The number of hydrogen-bond acceptors (Lipinski definition) is 7. The van der Waals surface area contributed by atoms with Gasteiger partial charge in [0.05, 0.1) is 10.9 Å². The van der Waals surface area contributed by atoms with Gasteiger partial charge in [0.1, 0.15) is 23.0 Å². The second-order valence-electron chi connectivity index (χ2n) is 7.17. The maximum absolute atomic E-state index is 15.0. The summed E-state index contributed by atoms with van der Waals surface area (Å²) in [6.07, 6.45) is 4.14. The number of anilines is 1. The number of carbonyl (C=O) groups is 1. The first-order chi connectivity index (χ1) is 15.4. The zero-order valence-electron chi connectivity index (χ0n) is 17.7. The number of fused-ring (bicyclic) bond motifs is 1. The van der Waals surface area contributed by atoms with E-state index in [2.05, 4.69) is 29.9 Å². The van der Waals surface area contributed by atoms with Crippen molar-refractivity contribution in [2.45, 2.75) is 27.2 Å². The third-order valence-electron chi connectivity index (χ3n) is 4.86. The van der Waals surface area contributed by atoms with Crippen molar-refractivity contribution in [3.05, 3.63) is 65.0 Å². The van der Waals surface area contributed by atoms with Gasteiger partial charge in [0, 0.05) is 35.0 Å². The van der Waals surface area contributed by atoms with E-state index in [9.17, 15) is 9.18 Å². The molecule has 4 aromatic rings. The summed E-state index contributed by atoms with van der Waals surface area (Å²) in [5, 5.41) is 7.13. The molecule has 0 aliphatic rings. The zero-order chi connectivity index (χ0) is 22.8. The lowest BCUT2D eigenvalue weighted by Crippen LogP contribution is -2.08. The topological polar surface area (TPSA) is 96.5 Å². The fourth-order valence-corrected chi connectivity index (χ4v) is 3.91. The molecule has 0 saturated carbocycles. The Morgan fingerprint density at radius 2 is 2.00 bits per heavy atom. The van der Waals surface area contributed by atoms with Crippen LogP contribution in [0.2, 0.25) is 0 Å². The highest BCUT2D eigenvalue weighted by Crippen LogP contribution is 2.29. The highest BCUT2D eigenvalue weighted by Gasteiger charge is 2.23. The van der Waals surface area contributed by atoms with Gasteiger partial charge in [0.25, 0.3) is 0 Å². The molecule has 7 nitrogen and oxygen atoms in total. The van der Waals surface area contributed by atoms with Crippen molar-refractivity contribution >= 4 is 34.5 Å². The smallest absolute Gasteiger partial charge is 0.214 e. The van der Waals surface area contributed by atoms with Gasteiger partial charge in [0.15, 0.2) is 11.5 Å². The number of benzene rings is 1. The number of pyridine rings is 1. The van der Waals surface area contributed by atoms with E-state index >= 15 is 4.39 Å². The van der Waals surface area contributed by atoms with E-state index in [1.165, 1.54) is 11.9 Å². The average molecular weight is 455 g/mol. The third-order valence-corrected chi connectivity index (χ3v) is 5.82. The Morgan fingerprint density at radius 3 is 2.75 bits per heavy atom. The number of carbonyl (C=O) groups excluding carboxylic acids is 1. The summed E-state index contributed by atoms with van der Waals surface area (Å²) in [5.74, 6) is -1.06. The first kappa shape index (κ1) is 21.8. The molecule has 164 valence electrons. The molecule has 3 aromatic heterocycles. The van der Waals surface area contributed by atoms with Gasteiger partial charge in [-0.3, -0.25) is 9.89 Å². The molecule has 1 aromatic carbocycles. The summed E-state index contributed by atoms with van der Waals surface area (Å²) < 4.78 is 31.9. The number of ketones is 1. The minimum absolute atomic E-state index is 0.0673. The number of nitrogens with one attached hydrogen (secondary N) is 2. The van der Waals surface area contributed by atoms with Gasteiger partial charge in [-0.2, -0.15) is 5.10 Å². The summed E-state index contributed by atoms with van der Waals surface area (Å²) >= 11 is 1.17. The van der Waals surface area contributed by atoms with Crippen LogP contribution >= 0.6 is 11.9 Å². The molecule has 0 atom stereocenters. The lowest BCUT2D eigenvalue weighted by Gasteiger charge is -2.10. The van der Waals surface area contributed by atoms with Gasteiger partial charge in [-0.25, -0.2) is 23.7 Å². The lowest BCUT2D eigenvalue weighted by atomic mass is 10.0. The molecule has 32 heavy (non-hydrogen) atoms. The van der Waals surface area contributed by atoms with Crippen LogP contribution in [0.5, 0.6) is 0 Å². The Kier molecular flexibility index (Phi) is 6.13. The molecule has 0 fully saturated rings. The lowest BCUT2D eigenvalue weighted by molar-refractivity contribution is 0.103. The molecule has 10 heteroatoms. The fourth-order valence-electron chi connectivity index (χ4n) is 3.27. The van der Waals surface area contributed by atoms with Gasteiger partial charge in [-0.05, 0) is 38.5 Å². The number of halogens is 2. The standard InChI is InChI=1S/C22H20F2N6OS/c1-4-7-32-30-20-17(23)6-5-14(18(20)24)21(31)19-15-8-13(9-26-22(15)29-28-19)16-10-25-12(3)27-11(16)2/h5-6,8-10,30H,4,7H2,1-3H3,(H,26,28,29). The van der Waals surface area contributed by atoms with Crippen LogP contribution in [0.1, 0.15) is 40.9 Å². The van der Waals surface area contributed by atoms with Crippen LogP contribution in [0.15, 0.2) is 30.6 Å². The summed E-state index contributed by atoms with van der Waals surface area (Å²) in [5.41, 5.74) is 1.99. The van der Waals surface area contributed by atoms with Gasteiger partial charge in [-0.15, -0.1) is 0 Å². The summed E-state index contributed by atoms with van der Waals surface area (Å²) in [6, 6.07) is 3.93. The molecule has 3 heterocycles. The molecule has 0 unspecified atom stereocenters. The number of aromatic nitrogens is 5.